The summed E-state index contributed by atoms with van der Waals surface area (Å²) >= 11 is 1.41. The summed E-state index contributed by atoms with van der Waals surface area (Å²) in [6, 6.07) is 11.0. The molecule has 0 bridgehead atoms. The molecule has 33 heavy (non-hydrogen) atoms. The Balaban J connectivity index is 1.93. The fraction of sp³-hybridized carbons (Fsp3) is 0.417. The number of sulfonamides is 1. The zero-order chi connectivity index (χ0) is 24.2. The highest BCUT2D eigenvalue weighted by Gasteiger charge is 2.25. The van der Waals surface area contributed by atoms with Gasteiger partial charge in [-0.2, -0.15) is 0 Å². The van der Waals surface area contributed by atoms with Crippen molar-refractivity contribution in [3.05, 3.63) is 53.6 Å². The molecular formula is C24H31N3O4S2. The molecule has 1 saturated heterocycles. The highest BCUT2D eigenvalue weighted by molar-refractivity contribution is 7.98. The number of hydrogen-bond donors (Lipinski definition) is 2. The number of likely N-dealkylation sites (tertiary alicyclic amines) is 1. The Morgan fingerprint density at radius 3 is 2.27 bits per heavy atom. The van der Waals surface area contributed by atoms with Crippen molar-refractivity contribution in [3.63, 3.8) is 0 Å². The molecule has 2 aromatic rings. The van der Waals surface area contributed by atoms with Crippen LogP contribution in [0.4, 0.5) is 5.69 Å². The molecule has 1 heterocycles. The van der Waals surface area contributed by atoms with Gasteiger partial charge in [0.25, 0.3) is 21.8 Å². The second-order valence-corrected chi connectivity index (χ2v) is 11.6. The van der Waals surface area contributed by atoms with E-state index in [1.807, 2.05) is 27.0 Å². The Labute approximate surface area is 200 Å². The van der Waals surface area contributed by atoms with Gasteiger partial charge in [-0.1, -0.05) is 12.1 Å². The zero-order valence-corrected chi connectivity index (χ0v) is 21.1. The molecule has 0 atom stereocenters. The van der Waals surface area contributed by atoms with Crippen molar-refractivity contribution >= 4 is 39.3 Å². The van der Waals surface area contributed by atoms with Gasteiger partial charge in [0, 0.05) is 23.5 Å². The van der Waals surface area contributed by atoms with E-state index in [4.69, 9.17) is 0 Å². The third-order valence-corrected chi connectivity index (χ3v) is 7.42. The first-order valence-electron chi connectivity index (χ1n) is 10.9. The predicted molar refractivity (Wildman–Crippen MR) is 132 cm³/mol. The van der Waals surface area contributed by atoms with E-state index in [0.717, 1.165) is 24.2 Å². The lowest BCUT2D eigenvalue weighted by molar-refractivity contribution is 0.0720. The van der Waals surface area contributed by atoms with Crippen molar-refractivity contribution in [2.45, 2.75) is 55.4 Å². The molecule has 0 saturated carbocycles. The summed E-state index contributed by atoms with van der Waals surface area (Å²) in [6.45, 7) is 6.92. The van der Waals surface area contributed by atoms with E-state index in [1.54, 1.807) is 35.2 Å². The van der Waals surface area contributed by atoms with Crippen molar-refractivity contribution in [2.24, 2.45) is 0 Å². The Kier molecular flexibility index (Phi) is 7.74. The van der Waals surface area contributed by atoms with Crippen LogP contribution in [0.25, 0.3) is 0 Å². The number of thioether (sulfide) groups is 1. The third kappa shape index (κ3) is 6.29. The number of amides is 2. The summed E-state index contributed by atoms with van der Waals surface area (Å²) in [5.41, 5.74) is 0.310. The average Bonchev–Trinajstić information content (AvgIpc) is 2.77. The minimum atomic E-state index is -4.03. The number of hydrogen-bond acceptors (Lipinski definition) is 5. The van der Waals surface area contributed by atoms with Crippen molar-refractivity contribution < 1.29 is 18.0 Å². The van der Waals surface area contributed by atoms with E-state index in [2.05, 4.69) is 10.0 Å². The van der Waals surface area contributed by atoms with Crippen LogP contribution < -0.4 is 10.0 Å². The molecule has 0 spiro atoms. The largest absolute Gasteiger partial charge is 0.347 e. The first-order valence-corrected chi connectivity index (χ1v) is 13.6. The summed E-state index contributed by atoms with van der Waals surface area (Å²) in [5, 5.41) is 2.85. The number of nitrogens with zero attached hydrogens (tertiary/aromatic N) is 1. The maximum atomic E-state index is 13.2. The van der Waals surface area contributed by atoms with Gasteiger partial charge in [0.15, 0.2) is 0 Å². The first-order chi connectivity index (χ1) is 15.5. The Bertz CT molecular complexity index is 1130. The quantitative estimate of drug-likeness (QED) is 0.588. The van der Waals surface area contributed by atoms with Crippen LogP contribution in [-0.4, -0.2) is 50.0 Å². The topological polar surface area (TPSA) is 95.6 Å². The van der Waals surface area contributed by atoms with Gasteiger partial charge in [0.1, 0.15) is 0 Å². The number of para-hydroxylation sites is 1. The summed E-state index contributed by atoms with van der Waals surface area (Å²) in [5.74, 6) is -0.527. The van der Waals surface area contributed by atoms with Crippen LogP contribution in [0, 0.1) is 0 Å². The molecule has 1 aliphatic heterocycles. The van der Waals surface area contributed by atoms with Crippen LogP contribution in [0.1, 0.15) is 60.7 Å². The number of anilines is 1. The van der Waals surface area contributed by atoms with Crippen molar-refractivity contribution in [1.82, 2.24) is 10.2 Å². The SMILES string of the molecule is CSc1ccc(S(=O)(=O)Nc2ccccc2C(=O)NC(C)(C)C)cc1C(=O)N1CCCCC1. The van der Waals surface area contributed by atoms with Crippen LogP contribution in [-0.2, 0) is 10.0 Å². The fourth-order valence-corrected chi connectivity index (χ4v) is 5.35. The van der Waals surface area contributed by atoms with Crippen molar-refractivity contribution in [1.29, 1.82) is 0 Å². The predicted octanol–water partition coefficient (Wildman–Crippen LogP) is 4.36. The van der Waals surface area contributed by atoms with E-state index in [9.17, 15) is 18.0 Å². The third-order valence-electron chi connectivity index (χ3n) is 5.26. The van der Waals surface area contributed by atoms with Gasteiger partial charge in [-0.25, -0.2) is 8.42 Å². The first kappa shape index (κ1) is 25.1. The van der Waals surface area contributed by atoms with Crippen LogP contribution in [0.15, 0.2) is 52.3 Å². The van der Waals surface area contributed by atoms with Crippen molar-refractivity contribution in [2.75, 3.05) is 24.1 Å². The maximum Gasteiger partial charge on any atom is 0.261 e. The number of nitrogens with one attached hydrogen (secondary N) is 2. The summed E-state index contributed by atoms with van der Waals surface area (Å²) in [6.07, 6.45) is 4.86. The molecule has 3 rings (SSSR count). The van der Waals surface area contributed by atoms with Gasteiger partial charge in [-0.3, -0.25) is 14.3 Å². The lowest BCUT2D eigenvalue weighted by Gasteiger charge is -2.27. The Hall–Kier alpha value is -2.52. The number of benzene rings is 2. The number of carbonyl (C=O) groups is 2. The molecule has 7 nitrogen and oxygen atoms in total. The van der Waals surface area contributed by atoms with Gasteiger partial charge < -0.3 is 10.2 Å². The second kappa shape index (κ2) is 10.2. The molecule has 0 aromatic heterocycles. The summed E-state index contributed by atoms with van der Waals surface area (Å²) in [7, 11) is -4.03. The molecule has 1 fully saturated rings. The fourth-order valence-electron chi connectivity index (χ4n) is 3.67. The van der Waals surface area contributed by atoms with Crippen LogP contribution in [0.3, 0.4) is 0 Å². The monoisotopic (exact) mass is 489 g/mol. The number of piperidine rings is 1. The van der Waals surface area contributed by atoms with E-state index < -0.39 is 15.6 Å². The smallest absolute Gasteiger partial charge is 0.261 e. The lowest BCUT2D eigenvalue weighted by atomic mass is 10.1. The summed E-state index contributed by atoms with van der Waals surface area (Å²) in [4.78, 5) is 28.3. The van der Waals surface area contributed by atoms with Crippen LogP contribution in [0.2, 0.25) is 0 Å². The molecule has 2 aromatic carbocycles. The van der Waals surface area contributed by atoms with E-state index in [-0.39, 0.29) is 28.0 Å². The number of carbonyl (C=O) groups excluding carboxylic acids is 2. The Morgan fingerprint density at radius 2 is 1.64 bits per heavy atom. The normalized spacial score (nSPS) is 14.6. The Morgan fingerprint density at radius 1 is 0.970 bits per heavy atom. The molecule has 0 unspecified atom stereocenters. The standard InChI is InChI=1S/C24H31N3O4S2/c1-24(2,3)25-22(28)18-10-6-7-11-20(18)26-33(30,31)17-12-13-21(32-4)19(16-17)23(29)27-14-8-5-9-15-27/h6-7,10-13,16,26H,5,8-9,14-15H2,1-4H3,(H,25,28). The molecule has 9 heteroatoms. The lowest BCUT2D eigenvalue weighted by Crippen LogP contribution is -2.40. The summed E-state index contributed by atoms with van der Waals surface area (Å²) < 4.78 is 29.0. The molecule has 0 radical (unpaired) electrons. The zero-order valence-electron chi connectivity index (χ0n) is 19.5. The van der Waals surface area contributed by atoms with E-state index in [0.29, 0.717) is 18.7 Å². The van der Waals surface area contributed by atoms with Crippen molar-refractivity contribution in [3.8, 4) is 0 Å². The molecule has 178 valence electrons. The molecule has 0 aliphatic carbocycles. The molecule has 1 aliphatic rings. The highest BCUT2D eigenvalue weighted by atomic mass is 32.2. The van der Waals surface area contributed by atoms with Gasteiger partial charge in [0.05, 0.1) is 21.7 Å². The van der Waals surface area contributed by atoms with E-state index >= 15 is 0 Å². The van der Waals surface area contributed by atoms with Gasteiger partial charge in [-0.15, -0.1) is 11.8 Å². The van der Waals surface area contributed by atoms with Gasteiger partial charge >= 0.3 is 0 Å². The van der Waals surface area contributed by atoms with Crippen LogP contribution >= 0.6 is 11.8 Å². The van der Waals surface area contributed by atoms with Gasteiger partial charge in [0.2, 0.25) is 0 Å². The molecule has 2 N–H and O–H groups in total. The maximum absolute atomic E-state index is 13.2. The molecule has 2 amide bonds. The highest BCUT2D eigenvalue weighted by Crippen LogP contribution is 2.28. The minimum Gasteiger partial charge on any atom is -0.347 e. The van der Waals surface area contributed by atoms with Gasteiger partial charge in [-0.05, 0) is 76.6 Å². The number of rotatable bonds is 6. The second-order valence-electron chi connectivity index (χ2n) is 9.07. The minimum absolute atomic E-state index is 0.0216. The van der Waals surface area contributed by atoms with Crippen LogP contribution in [0.5, 0.6) is 0 Å². The molecular weight excluding hydrogens is 458 g/mol. The van der Waals surface area contributed by atoms with E-state index in [1.165, 1.54) is 23.9 Å². The average molecular weight is 490 g/mol.